The van der Waals surface area contributed by atoms with Crippen molar-refractivity contribution in [1.29, 1.82) is 0 Å². The van der Waals surface area contributed by atoms with E-state index in [9.17, 15) is 14.7 Å². The molecule has 0 amide bonds. The van der Waals surface area contributed by atoms with Crippen LogP contribution in [0.5, 0.6) is 0 Å². The smallest absolute Gasteiger partial charge is 0.308 e. The number of thiocarbonyl (C=S) groups is 2. The molecule has 0 saturated carbocycles. The fourth-order valence-electron chi connectivity index (χ4n) is 6.21. The fourth-order valence-corrected chi connectivity index (χ4v) is 9.27. The lowest BCUT2D eigenvalue weighted by atomic mass is 9.65. The van der Waals surface area contributed by atoms with Crippen LogP contribution >= 0.6 is 46.0 Å². The first-order valence-corrected chi connectivity index (χ1v) is 19.7. The van der Waals surface area contributed by atoms with Gasteiger partial charge in [-0.2, -0.15) is 0 Å². The maximum atomic E-state index is 12.5. The summed E-state index contributed by atoms with van der Waals surface area (Å²) < 4.78 is 13.3. The lowest BCUT2D eigenvalue weighted by molar-refractivity contribution is -0.162. The standard InChI is InChI=1S/C24H36O5.C10H20N2S4/c1-5-15(3)24(27)29-21-11-14(2)10-17-7-6-16(4)20(23(17)21)9-8-19-12-18(25)13-22(26)28-19;1-5-11(6-2)9(13)15-16-10(14)12(7-3)8-4/h6-7,10,14-16,18-21,23,25H,5,8-9,11-13H2,1-4H3;5-8H2,1-4H3/t14-,15-,16-,18+,19+,20-,21-,23-;/m0./s1. The highest BCUT2D eigenvalue weighted by molar-refractivity contribution is 8.89. The van der Waals surface area contributed by atoms with Crippen LogP contribution < -0.4 is 0 Å². The molecular formula is C34H56N2O5S4. The molecule has 8 atom stereocenters. The molecule has 0 spiro atoms. The van der Waals surface area contributed by atoms with Crippen LogP contribution in [0.15, 0.2) is 23.8 Å². The van der Waals surface area contributed by atoms with Crippen LogP contribution in [0.25, 0.3) is 0 Å². The second-order valence-corrected chi connectivity index (χ2v) is 15.8. The first-order chi connectivity index (χ1) is 21.4. The molecule has 0 radical (unpaired) electrons. The maximum absolute atomic E-state index is 12.5. The molecule has 0 aromatic rings. The number of carbonyl (C=O) groups is 2. The van der Waals surface area contributed by atoms with Gasteiger partial charge in [-0.1, -0.05) is 70.4 Å². The molecule has 256 valence electrons. The molecule has 1 fully saturated rings. The number of allylic oxidation sites excluding steroid dienone is 3. The Balaban J connectivity index is 0.000000376. The zero-order valence-corrected chi connectivity index (χ0v) is 31.8. The van der Waals surface area contributed by atoms with Crippen molar-refractivity contribution in [3.05, 3.63) is 23.8 Å². The van der Waals surface area contributed by atoms with E-state index in [0.29, 0.717) is 24.2 Å². The van der Waals surface area contributed by atoms with Crippen molar-refractivity contribution in [1.82, 2.24) is 9.80 Å². The lowest BCUT2D eigenvalue weighted by Gasteiger charge is -2.43. The van der Waals surface area contributed by atoms with Crippen LogP contribution in [0.1, 0.15) is 93.9 Å². The van der Waals surface area contributed by atoms with E-state index in [1.807, 2.05) is 13.8 Å². The molecule has 0 aromatic heterocycles. The molecule has 3 rings (SSSR count). The molecule has 11 heteroatoms. The summed E-state index contributed by atoms with van der Waals surface area (Å²) in [6.45, 7) is 20.6. The van der Waals surface area contributed by atoms with Crippen LogP contribution in [0.3, 0.4) is 0 Å². The highest BCUT2D eigenvalue weighted by Gasteiger charge is 2.42. The second-order valence-electron chi connectivity index (χ2n) is 12.4. The minimum Gasteiger partial charge on any atom is -0.462 e. The molecule has 45 heavy (non-hydrogen) atoms. The van der Waals surface area contributed by atoms with Crippen molar-refractivity contribution < 1.29 is 24.2 Å². The van der Waals surface area contributed by atoms with Gasteiger partial charge < -0.3 is 24.4 Å². The Morgan fingerprint density at radius 1 is 1.02 bits per heavy atom. The molecule has 1 heterocycles. The van der Waals surface area contributed by atoms with Crippen molar-refractivity contribution in [3.8, 4) is 0 Å². The molecule has 0 bridgehead atoms. The largest absolute Gasteiger partial charge is 0.462 e. The summed E-state index contributed by atoms with van der Waals surface area (Å²) >= 11 is 10.7. The van der Waals surface area contributed by atoms with Gasteiger partial charge in [-0.3, -0.25) is 9.59 Å². The number of esters is 2. The highest BCUT2D eigenvalue weighted by Crippen LogP contribution is 2.45. The monoisotopic (exact) mass is 700 g/mol. The number of aliphatic hydroxyl groups is 1. The number of aliphatic hydroxyl groups excluding tert-OH is 1. The third-order valence-electron chi connectivity index (χ3n) is 9.16. The van der Waals surface area contributed by atoms with Crippen molar-refractivity contribution in [3.63, 3.8) is 0 Å². The number of cyclic esters (lactones) is 1. The highest BCUT2D eigenvalue weighted by atomic mass is 33.1. The summed E-state index contributed by atoms with van der Waals surface area (Å²) in [6, 6.07) is 0. The number of carbonyl (C=O) groups excluding carboxylic acids is 2. The quantitative estimate of drug-likeness (QED) is 0.138. The summed E-state index contributed by atoms with van der Waals surface area (Å²) in [4.78, 5) is 28.5. The van der Waals surface area contributed by atoms with Crippen LogP contribution in [0.2, 0.25) is 0 Å². The molecule has 7 nitrogen and oxygen atoms in total. The predicted molar refractivity (Wildman–Crippen MR) is 197 cm³/mol. The first-order valence-electron chi connectivity index (χ1n) is 16.8. The molecule has 1 aliphatic heterocycles. The third kappa shape index (κ3) is 12.4. The summed E-state index contributed by atoms with van der Waals surface area (Å²) in [5.74, 6) is 0.755. The number of hydrogen-bond acceptors (Lipinski definition) is 9. The van der Waals surface area contributed by atoms with Gasteiger partial charge in [-0.05, 0) is 98.3 Å². The van der Waals surface area contributed by atoms with Crippen molar-refractivity contribution in [2.75, 3.05) is 26.2 Å². The molecular weight excluding hydrogens is 645 g/mol. The number of ether oxygens (including phenoxy) is 2. The number of fused-ring (bicyclic) bond motifs is 1. The van der Waals surface area contributed by atoms with Gasteiger partial charge in [0.25, 0.3) is 0 Å². The van der Waals surface area contributed by atoms with E-state index >= 15 is 0 Å². The molecule has 0 aromatic carbocycles. The normalized spacial score (nSPS) is 28.0. The second kappa shape index (κ2) is 20.3. The Bertz CT molecular complexity index is 1020. The van der Waals surface area contributed by atoms with Crippen LogP contribution in [0.4, 0.5) is 0 Å². The van der Waals surface area contributed by atoms with Gasteiger partial charge in [-0.25, -0.2) is 0 Å². The summed E-state index contributed by atoms with van der Waals surface area (Å²) in [7, 11) is 3.18. The predicted octanol–water partition coefficient (Wildman–Crippen LogP) is 7.82. The average molecular weight is 701 g/mol. The average Bonchev–Trinajstić information content (AvgIpc) is 3.00. The third-order valence-corrected chi connectivity index (χ3v) is 12.9. The molecule has 0 unspecified atom stereocenters. The van der Waals surface area contributed by atoms with Gasteiger partial charge in [0.15, 0.2) is 0 Å². The molecule has 1 saturated heterocycles. The van der Waals surface area contributed by atoms with E-state index in [1.165, 1.54) is 5.57 Å². The minimum atomic E-state index is -0.597. The van der Waals surface area contributed by atoms with Crippen molar-refractivity contribution in [2.45, 2.75) is 112 Å². The molecule has 3 aliphatic rings. The van der Waals surface area contributed by atoms with E-state index in [-0.39, 0.29) is 42.4 Å². The number of nitrogens with zero attached hydrogens (tertiary/aromatic N) is 2. The van der Waals surface area contributed by atoms with Gasteiger partial charge in [0.05, 0.1) is 18.4 Å². The Labute approximate surface area is 291 Å². The minimum absolute atomic E-state index is 0.0854. The maximum Gasteiger partial charge on any atom is 0.308 e. The Morgan fingerprint density at radius 2 is 1.60 bits per heavy atom. The van der Waals surface area contributed by atoms with E-state index in [2.05, 4.69) is 69.6 Å². The SMILES string of the molecule is CCN(CC)C(=S)SSC(=S)N(CC)CC.CC[C@H](C)C(=O)O[C@H]1C[C@@H](C)C=C2C=C[C@H](C)[C@H](CC[C@@H]3C[C@@H](O)CC(=O)O3)[C@H]21. The van der Waals surface area contributed by atoms with Crippen molar-refractivity contribution in [2.24, 2.45) is 29.6 Å². The van der Waals surface area contributed by atoms with E-state index < -0.39 is 6.10 Å². The molecule has 1 N–H and O–H groups in total. The van der Waals surface area contributed by atoms with Gasteiger partial charge >= 0.3 is 11.9 Å². The van der Waals surface area contributed by atoms with Gasteiger partial charge in [0, 0.05) is 38.5 Å². The van der Waals surface area contributed by atoms with Crippen molar-refractivity contribution >= 4 is 66.6 Å². The van der Waals surface area contributed by atoms with Gasteiger partial charge in [0.2, 0.25) is 0 Å². The first kappa shape index (κ1) is 40.0. The summed E-state index contributed by atoms with van der Waals surface area (Å²) in [6.07, 6.45) is 9.70. The van der Waals surface area contributed by atoms with Gasteiger partial charge in [0.1, 0.15) is 20.8 Å². The van der Waals surface area contributed by atoms with E-state index in [4.69, 9.17) is 33.9 Å². The van der Waals surface area contributed by atoms with E-state index in [1.54, 1.807) is 21.6 Å². The number of hydrogen-bond donors (Lipinski definition) is 1. The Kier molecular flexibility index (Phi) is 18.0. The van der Waals surface area contributed by atoms with E-state index in [0.717, 1.165) is 60.5 Å². The summed E-state index contributed by atoms with van der Waals surface area (Å²) in [5, 5.41) is 9.89. The zero-order chi connectivity index (χ0) is 33.7. The Hall–Kier alpha value is -1.14. The molecule has 2 aliphatic carbocycles. The lowest BCUT2D eigenvalue weighted by Crippen LogP contribution is -2.42. The topological polar surface area (TPSA) is 79.3 Å². The zero-order valence-electron chi connectivity index (χ0n) is 28.5. The summed E-state index contributed by atoms with van der Waals surface area (Å²) in [5.41, 5.74) is 1.27. The Morgan fingerprint density at radius 3 is 2.11 bits per heavy atom. The van der Waals surface area contributed by atoms with Crippen LogP contribution in [-0.2, 0) is 19.1 Å². The number of rotatable bonds is 10. The fraction of sp³-hybridized carbons (Fsp3) is 0.765. The van der Waals surface area contributed by atoms with Gasteiger partial charge in [-0.15, -0.1) is 0 Å². The van der Waals surface area contributed by atoms with Crippen LogP contribution in [0, 0.1) is 29.6 Å². The van der Waals surface area contributed by atoms with Crippen LogP contribution in [-0.4, -0.2) is 80.0 Å².